The van der Waals surface area contributed by atoms with Gasteiger partial charge in [-0.2, -0.15) is 0 Å². The standard InChI is InChI=1S/2C4H10.2C3H8.4C2H6/c2*1-3-4-2;2*1-3-2;4*1-2/h2*3-4H2,1-2H3;2*3H2,1-2H3;4*1-2H3. The first kappa shape index (κ1) is 49.5. The number of unbranched alkanes of at least 4 members (excludes halogenated alkanes) is 2. The van der Waals surface area contributed by atoms with Crippen molar-refractivity contribution in [1.82, 2.24) is 0 Å². The smallest absolute Gasteiger partial charge is 0.0564 e. The zero-order valence-corrected chi connectivity index (χ0v) is 20.2. The zero-order valence-electron chi connectivity index (χ0n) is 20.2. The molecule has 0 aromatic carbocycles. The maximum absolute atomic E-state index is 2.18. The quantitative estimate of drug-likeness (QED) is 0.473. The minimum absolute atomic E-state index is 1.25. The van der Waals surface area contributed by atoms with Gasteiger partial charge >= 0.3 is 0 Å². The lowest BCUT2D eigenvalue weighted by molar-refractivity contribution is 0.886. The Hall–Kier alpha value is 0. The molecule has 0 atom stereocenters. The summed E-state index contributed by atoms with van der Waals surface area (Å²) in [6.45, 7) is 33.2. The highest BCUT2D eigenvalue weighted by Crippen LogP contribution is 1.77. The zero-order chi connectivity index (χ0) is 20.2. The molecule has 0 radical (unpaired) electrons. The second-order valence-corrected chi connectivity index (χ2v) is 3.41. The summed E-state index contributed by atoms with van der Waals surface area (Å²) in [5.74, 6) is 0. The third-order valence-electron chi connectivity index (χ3n) is 1.000. The van der Waals surface area contributed by atoms with Gasteiger partial charge in [0.2, 0.25) is 0 Å². The Morgan fingerprint density at radius 3 is 0.318 bits per heavy atom. The van der Waals surface area contributed by atoms with Crippen molar-refractivity contribution >= 4 is 0 Å². The summed E-state index contributed by atoms with van der Waals surface area (Å²) in [7, 11) is 0. The van der Waals surface area contributed by atoms with Crippen molar-refractivity contribution < 1.29 is 0 Å². The summed E-state index contributed by atoms with van der Waals surface area (Å²) in [5, 5.41) is 0. The molecule has 0 aliphatic carbocycles. The van der Waals surface area contributed by atoms with Crippen molar-refractivity contribution in [2.75, 3.05) is 0 Å². The van der Waals surface area contributed by atoms with Gasteiger partial charge in [0.1, 0.15) is 0 Å². The van der Waals surface area contributed by atoms with Gasteiger partial charge in [0.25, 0.3) is 0 Å². The highest BCUT2D eigenvalue weighted by atomic mass is 13.6. The summed E-state index contributed by atoms with van der Waals surface area (Å²) in [6.07, 6.45) is 7.78. The Labute approximate surface area is 149 Å². The third-order valence-corrected chi connectivity index (χ3v) is 1.000. The van der Waals surface area contributed by atoms with Crippen LogP contribution in [0, 0.1) is 0 Å². The maximum atomic E-state index is 2.18. The molecule has 0 aliphatic heterocycles. The van der Waals surface area contributed by atoms with Gasteiger partial charge in [0.15, 0.2) is 0 Å². The Morgan fingerprint density at radius 2 is 0.318 bits per heavy atom. The van der Waals surface area contributed by atoms with E-state index >= 15 is 0 Å². The number of hydrogen-bond acceptors (Lipinski definition) is 0. The monoisotopic (exact) mass is 324 g/mol. The molecule has 0 heteroatoms. The van der Waals surface area contributed by atoms with E-state index in [4.69, 9.17) is 0 Å². The Balaban J connectivity index is -0.0000000174. The van der Waals surface area contributed by atoms with Crippen LogP contribution >= 0.6 is 0 Å². The van der Waals surface area contributed by atoms with Crippen LogP contribution in [0.5, 0.6) is 0 Å². The molecule has 0 nitrogen and oxygen atoms in total. The van der Waals surface area contributed by atoms with E-state index in [1.807, 2.05) is 55.4 Å². The fourth-order valence-corrected chi connectivity index (χ4v) is 0. The first-order chi connectivity index (χ1) is 10.7. The molecule has 0 fully saturated rings. The molecule has 0 N–H and O–H groups in total. The second kappa shape index (κ2) is 233. The molecule has 0 heterocycles. The van der Waals surface area contributed by atoms with Crippen LogP contribution in [0.1, 0.15) is 149 Å². The van der Waals surface area contributed by atoms with E-state index in [0.29, 0.717) is 0 Å². The average molecular weight is 325 g/mol. The maximum Gasteiger partial charge on any atom is -0.0564 e. The molecule has 0 bridgehead atoms. The minimum atomic E-state index is 1.25. The van der Waals surface area contributed by atoms with Crippen LogP contribution in [0.15, 0.2) is 0 Å². The third kappa shape index (κ3) is 1800. The van der Waals surface area contributed by atoms with E-state index in [1.165, 1.54) is 38.5 Å². The van der Waals surface area contributed by atoms with Crippen LogP contribution in [-0.4, -0.2) is 0 Å². The predicted molar refractivity (Wildman–Crippen MR) is 118 cm³/mol. The van der Waals surface area contributed by atoms with Gasteiger partial charge in [0, 0.05) is 0 Å². The van der Waals surface area contributed by atoms with Crippen LogP contribution in [0.4, 0.5) is 0 Å². The van der Waals surface area contributed by atoms with Crippen molar-refractivity contribution in [3.8, 4) is 0 Å². The molecule has 22 heavy (non-hydrogen) atoms. The summed E-state index contributed by atoms with van der Waals surface area (Å²) in [4.78, 5) is 0. The molecular formula is C22H60. The number of rotatable bonds is 2. The molecule has 0 unspecified atom stereocenters. The molecule has 0 spiro atoms. The second-order valence-electron chi connectivity index (χ2n) is 3.41. The predicted octanol–water partition coefficient (Wildman–Crippen LogP) is 10.6. The largest absolute Gasteiger partial charge is 0.0683 e. The molecule has 0 amide bonds. The molecule has 0 rings (SSSR count). The van der Waals surface area contributed by atoms with Crippen molar-refractivity contribution in [3.05, 3.63) is 0 Å². The van der Waals surface area contributed by atoms with Crippen LogP contribution in [0.2, 0.25) is 0 Å². The molecular weight excluding hydrogens is 264 g/mol. The molecule has 148 valence electrons. The van der Waals surface area contributed by atoms with Crippen molar-refractivity contribution in [2.45, 2.75) is 149 Å². The summed E-state index contributed by atoms with van der Waals surface area (Å²) >= 11 is 0. The van der Waals surface area contributed by atoms with E-state index in [0.717, 1.165) is 0 Å². The van der Waals surface area contributed by atoms with Crippen LogP contribution in [0.25, 0.3) is 0 Å². The average Bonchev–Trinajstić information content (AvgIpc) is 2.63. The van der Waals surface area contributed by atoms with Crippen LogP contribution in [0.3, 0.4) is 0 Å². The lowest BCUT2D eigenvalue weighted by atomic mass is 10.4. The fourth-order valence-electron chi connectivity index (χ4n) is 0. The van der Waals surface area contributed by atoms with Gasteiger partial charge in [-0.3, -0.25) is 0 Å². The van der Waals surface area contributed by atoms with Crippen molar-refractivity contribution in [3.63, 3.8) is 0 Å². The Morgan fingerprint density at radius 1 is 0.273 bits per heavy atom. The molecule has 0 saturated carbocycles. The lowest BCUT2D eigenvalue weighted by Crippen LogP contribution is -1.47. The van der Waals surface area contributed by atoms with E-state index in [1.54, 1.807) is 0 Å². The fraction of sp³-hybridized carbons (Fsp3) is 1.00. The van der Waals surface area contributed by atoms with E-state index in [9.17, 15) is 0 Å². The SMILES string of the molecule is CC.CC.CC.CC.CCC.CCC.CCCC.CCCC. The summed E-state index contributed by atoms with van der Waals surface area (Å²) in [5.41, 5.74) is 0. The Bertz CT molecular complexity index is 21.0. The first-order valence-corrected chi connectivity index (χ1v) is 10.7. The van der Waals surface area contributed by atoms with Gasteiger partial charge in [-0.15, -0.1) is 0 Å². The highest BCUT2D eigenvalue weighted by molar-refractivity contribution is 4.13. The van der Waals surface area contributed by atoms with E-state index in [2.05, 4.69) is 55.4 Å². The van der Waals surface area contributed by atoms with Gasteiger partial charge in [-0.05, 0) is 0 Å². The van der Waals surface area contributed by atoms with Gasteiger partial charge in [-0.25, -0.2) is 0 Å². The van der Waals surface area contributed by atoms with Crippen molar-refractivity contribution in [2.24, 2.45) is 0 Å². The van der Waals surface area contributed by atoms with Crippen molar-refractivity contribution in [1.29, 1.82) is 0 Å². The van der Waals surface area contributed by atoms with E-state index in [-0.39, 0.29) is 0 Å². The first-order valence-electron chi connectivity index (χ1n) is 10.7. The van der Waals surface area contributed by atoms with E-state index < -0.39 is 0 Å². The molecule has 0 saturated heterocycles. The van der Waals surface area contributed by atoms with Crippen LogP contribution < -0.4 is 0 Å². The topological polar surface area (TPSA) is 0 Å². The van der Waals surface area contributed by atoms with Gasteiger partial charge < -0.3 is 0 Å². The summed E-state index contributed by atoms with van der Waals surface area (Å²) < 4.78 is 0. The van der Waals surface area contributed by atoms with Gasteiger partial charge in [0.05, 0.1) is 0 Å². The molecule has 0 aromatic rings. The summed E-state index contributed by atoms with van der Waals surface area (Å²) in [6, 6.07) is 0. The number of hydrogen-bond donors (Lipinski definition) is 0. The van der Waals surface area contributed by atoms with Gasteiger partial charge in [-0.1, -0.05) is 149 Å². The minimum Gasteiger partial charge on any atom is -0.0683 e. The Kier molecular flexibility index (Phi) is 525. The normalized spacial score (nSPS) is 5.45. The molecule has 0 aliphatic rings. The highest BCUT2D eigenvalue weighted by Gasteiger charge is 1.56. The molecule has 0 aromatic heterocycles. The van der Waals surface area contributed by atoms with Crippen LogP contribution in [-0.2, 0) is 0 Å². The lowest BCUT2D eigenvalue weighted by Gasteiger charge is -1.68.